The molecule has 4 rings (SSSR count). The number of nitrogens with zero attached hydrogens (tertiary/aromatic N) is 2. The van der Waals surface area contributed by atoms with Gasteiger partial charge in [-0.05, 0) is 29.8 Å². The number of rotatable bonds is 4. The lowest BCUT2D eigenvalue weighted by Gasteiger charge is -2.26. The molecule has 25 heavy (non-hydrogen) atoms. The van der Waals surface area contributed by atoms with Crippen molar-refractivity contribution in [1.29, 1.82) is 0 Å². The number of hydrogen-bond donors (Lipinski definition) is 2. The Hall–Kier alpha value is -2.70. The van der Waals surface area contributed by atoms with Crippen molar-refractivity contribution in [3.8, 4) is 11.3 Å². The van der Waals surface area contributed by atoms with Gasteiger partial charge < -0.3 is 9.84 Å². The van der Waals surface area contributed by atoms with Gasteiger partial charge in [-0.2, -0.15) is 5.10 Å². The molecule has 1 saturated heterocycles. The van der Waals surface area contributed by atoms with E-state index in [0.717, 1.165) is 55.0 Å². The predicted molar refractivity (Wildman–Crippen MR) is 94.6 cm³/mol. The van der Waals surface area contributed by atoms with Crippen LogP contribution in [0.3, 0.4) is 0 Å². The maximum absolute atomic E-state index is 11.2. The average molecular weight is 337 g/mol. The molecule has 6 nitrogen and oxygen atoms in total. The molecule has 2 N–H and O–H groups in total. The number of benzene rings is 2. The van der Waals surface area contributed by atoms with Crippen LogP contribution in [0.5, 0.6) is 0 Å². The van der Waals surface area contributed by atoms with Gasteiger partial charge in [0.25, 0.3) is 0 Å². The van der Waals surface area contributed by atoms with E-state index in [2.05, 4.69) is 27.2 Å². The minimum Gasteiger partial charge on any atom is -0.478 e. The van der Waals surface area contributed by atoms with E-state index < -0.39 is 5.97 Å². The first-order chi connectivity index (χ1) is 12.2. The molecule has 1 fully saturated rings. The zero-order valence-corrected chi connectivity index (χ0v) is 13.7. The lowest BCUT2D eigenvalue weighted by Crippen LogP contribution is -2.35. The zero-order valence-electron chi connectivity index (χ0n) is 13.7. The molecule has 2 heterocycles. The fourth-order valence-electron chi connectivity index (χ4n) is 3.20. The molecular weight excluding hydrogens is 318 g/mol. The largest absolute Gasteiger partial charge is 0.478 e. The molecule has 0 radical (unpaired) electrons. The average Bonchev–Trinajstić information content (AvgIpc) is 3.06. The summed E-state index contributed by atoms with van der Waals surface area (Å²) in [5, 5.41) is 17.4. The Labute approximate surface area is 145 Å². The first kappa shape index (κ1) is 15.8. The van der Waals surface area contributed by atoms with Crippen LogP contribution in [0.2, 0.25) is 0 Å². The second-order valence-electron chi connectivity index (χ2n) is 6.23. The van der Waals surface area contributed by atoms with Gasteiger partial charge in [-0.1, -0.05) is 18.2 Å². The van der Waals surface area contributed by atoms with Crippen molar-refractivity contribution in [2.75, 3.05) is 26.3 Å². The van der Waals surface area contributed by atoms with Crippen molar-refractivity contribution in [2.24, 2.45) is 0 Å². The van der Waals surface area contributed by atoms with Crippen LogP contribution in [-0.4, -0.2) is 52.5 Å². The number of nitrogens with one attached hydrogen (secondary N) is 1. The molecule has 0 bridgehead atoms. The fourth-order valence-corrected chi connectivity index (χ4v) is 3.20. The van der Waals surface area contributed by atoms with E-state index in [1.807, 2.05) is 12.1 Å². The maximum Gasteiger partial charge on any atom is 0.335 e. The lowest BCUT2D eigenvalue weighted by molar-refractivity contribution is 0.0342. The summed E-state index contributed by atoms with van der Waals surface area (Å²) in [6.07, 6.45) is 0. The van der Waals surface area contributed by atoms with E-state index in [4.69, 9.17) is 4.74 Å². The van der Waals surface area contributed by atoms with Crippen LogP contribution in [0, 0.1) is 0 Å². The summed E-state index contributed by atoms with van der Waals surface area (Å²) in [5.74, 6) is -0.935. The summed E-state index contributed by atoms with van der Waals surface area (Å²) in [6, 6.07) is 13.3. The van der Waals surface area contributed by atoms with Crippen molar-refractivity contribution in [3.63, 3.8) is 0 Å². The van der Waals surface area contributed by atoms with E-state index >= 15 is 0 Å². The smallest absolute Gasteiger partial charge is 0.335 e. The Morgan fingerprint density at radius 1 is 1.20 bits per heavy atom. The van der Waals surface area contributed by atoms with Crippen LogP contribution < -0.4 is 0 Å². The molecular formula is C19H19N3O3. The van der Waals surface area contributed by atoms with E-state index in [0.29, 0.717) is 0 Å². The number of aromatic nitrogens is 2. The molecule has 128 valence electrons. The Morgan fingerprint density at radius 2 is 2.04 bits per heavy atom. The highest BCUT2D eigenvalue weighted by Crippen LogP contribution is 2.28. The summed E-state index contributed by atoms with van der Waals surface area (Å²) in [5.41, 5.74) is 4.07. The third-order valence-electron chi connectivity index (χ3n) is 4.52. The molecule has 1 aliphatic rings. The second kappa shape index (κ2) is 6.66. The van der Waals surface area contributed by atoms with Crippen molar-refractivity contribution in [2.45, 2.75) is 6.54 Å². The monoisotopic (exact) mass is 337 g/mol. The minimum absolute atomic E-state index is 0.264. The molecule has 0 unspecified atom stereocenters. The number of H-pyrrole nitrogens is 1. The predicted octanol–water partition coefficient (Wildman–Crippen LogP) is 2.76. The van der Waals surface area contributed by atoms with Crippen LogP contribution in [0.4, 0.5) is 0 Å². The van der Waals surface area contributed by atoms with Gasteiger partial charge in [-0.25, -0.2) is 4.79 Å². The van der Waals surface area contributed by atoms with E-state index in [-0.39, 0.29) is 5.56 Å². The van der Waals surface area contributed by atoms with E-state index in [1.54, 1.807) is 18.2 Å². The third kappa shape index (κ3) is 3.26. The van der Waals surface area contributed by atoms with E-state index in [9.17, 15) is 9.90 Å². The highest BCUT2D eigenvalue weighted by molar-refractivity contribution is 5.98. The zero-order chi connectivity index (χ0) is 17.2. The highest BCUT2D eigenvalue weighted by atomic mass is 16.5. The summed E-state index contributed by atoms with van der Waals surface area (Å²) >= 11 is 0. The van der Waals surface area contributed by atoms with Crippen molar-refractivity contribution >= 4 is 16.9 Å². The molecule has 1 aromatic heterocycles. The van der Waals surface area contributed by atoms with Gasteiger partial charge in [0.2, 0.25) is 0 Å². The number of aromatic carboxylic acids is 1. The Bertz CT molecular complexity index is 913. The number of fused-ring (bicyclic) bond motifs is 1. The molecule has 0 spiro atoms. The van der Waals surface area contributed by atoms with Gasteiger partial charge in [0, 0.05) is 30.6 Å². The molecule has 0 aliphatic carbocycles. The molecule has 2 aromatic carbocycles. The number of carbonyl (C=O) groups is 1. The summed E-state index contributed by atoms with van der Waals surface area (Å²) in [7, 11) is 0. The molecule has 0 saturated carbocycles. The molecule has 1 aliphatic heterocycles. The quantitative estimate of drug-likeness (QED) is 0.765. The number of morpholine rings is 1. The second-order valence-corrected chi connectivity index (χ2v) is 6.23. The minimum atomic E-state index is -0.935. The van der Waals surface area contributed by atoms with Gasteiger partial charge in [0.15, 0.2) is 0 Å². The van der Waals surface area contributed by atoms with Crippen molar-refractivity contribution in [3.05, 3.63) is 53.6 Å². The molecule has 3 aromatic rings. The normalized spacial score (nSPS) is 15.5. The Kier molecular flexibility index (Phi) is 4.21. The summed E-state index contributed by atoms with van der Waals surface area (Å²) in [4.78, 5) is 13.6. The van der Waals surface area contributed by atoms with Gasteiger partial charge >= 0.3 is 5.97 Å². The highest BCUT2D eigenvalue weighted by Gasteiger charge is 2.14. The van der Waals surface area contributed by atoms with Crippen molar-refractivity contribution in [1.82, 2.24) is 15.1 Å². The summed E-state index contributed by atoms with van der Waals surface area (Å²) < 4.78 is 5.39. The van der Waals surface area contributed by atoms with Gasteiger partial charge in [0.1, 0.15) is 0 Å². The first-order valence-electron chi connectivity index (χ1n) is 8.31. The third-order valence-corrected chi connectivity index (χ3v) is 4.52. The maximum atomic E-state index is 11.2. The Morgan fingerprint density at radius 3 is 2.84 bits per heavy atom. The van der Waals surface area contributed by atoms with Crippen molar-refractivity contribution < 1.29 is 14.6 Å². The van der Waals surface area contributed by atoms with Gasteiger partial charge in [-0.15, -0.1) is 0 Å². The van der Waals surface area contributed by atoms with Gasteiger partial charge in [-0.3, -0.25) is 10.00 Å². The summed E-state index contributed by atoms with van der Waals surface area (Å²) in [6.45, 7) is 4.32. The number of carboxylic acid groups (broad SMARTS) is 1. The number of hydrogen-bond acceptors (Lipinski definition) is 4. The van der Waals surface area contributed by atoms with Crippen LogP contribution in [0.15, 0.2) is 42.5 Å². The fraction of sp³-hybridized carbons (Fsp3) is 0.263. The van der Waals surface area contributed by atoms with Gasteiger partial charge in [0.05, 0.1) is 30.0 Å². The standard InChI is InChI=1S/C19H19N3O3/c23-19(24)15-4-5-17-16(11-15)18(21-20-17)14-3-1-2-13(10-14)12-22-6-8-25-9-7-22/h1-5,10-11H,6-9,12H2,(H,20,21)(H,23,24). The molecule has 0 atom stereocenters. The lowest BCUT2D eigenvalue weighted by atomic mass is 10.0. The van der Waals surface area contributed by atoms with Crippen LogP contribution >= 0.6 is 0 Å². The SMILES string of the molecule is O=C(O)c1ccc2[nH]nc(-c3cccc(CN4CCOCC4)c3)c2c1. The topological polar surface area (TPSA) is 78.4 Å². The van der Waals surface area contributed by atoms with Crippen LogP contribution in [0.25, 0.3) is 22.2 Å². The van der Waals surface area contributed by atoms with E-state index in [1.165, 1.54) is 5.56 Å². The number of ether oxygens (including phenoxy) is 1. The van der Waals surface area contributed by atoms with Crippen LogP contribution in [-0.2, 0) is 11.3 Å². The number of aromatic amines is 1. The number of carboxylic acids is 1. The molecule has 0 amide bonds. The Balaban J connectivity index is 1.67. The first-order valence-corrected chi connectivity index (χ1v) is 8.31. The molecule has 6 heteroatoms. The van der Waals surface area contributed by atoms with Crippen LogP contribution in [0.1, 0.15) is 15.9 Å².